The van der Waals surface area contributed by atoms with E-state index < -0.39 is 0 Å². The van der Waals surface area contributed by atoms with E-state index in [1.807, 2.05) is 0 Å². The molecule has 0 radical (unpaired) electrons. The first-order valence-corrected chi connectivity index (χ1v) is 19.1. The molecule has 0 bridgehead atoms. The number of unbranched alkanes of at least 4 members (excludes halogenated alkanes) is 24. The fraction of sp³-hybridized carbons (Fsp3) is 1.00. The average molecular weight is 619 g/mol. The minimum atomic E-state index is -0.157. The van der Waals surface area contributed by atoms with Gasteiger partial charge in [0.15, 0.2) is 0 Å². The highest BCUT2D eigenvalue weighted by Gasteiger charge is 2.19. The molecule has 0 aromatic heterocycles. The van der Waals surface area contributed by atoms with E-state index >= 15 is 0 Å². The second kappa shape index (κ2) is 34.1. The lowest BCUT2D eigenvalue weighted by Crippen LogP contribution is -3.00. The van der Waals surface area contributed by atoms with E-state index in [0.717, 1.165) is 43.3 Å². The number of nitrogens with zero attached hydrogens (tertiary/aromatic N) is 1. The van der Waals surface area contributed by atoms with Gasteiger partial charge in [-0.1, -0.05) is 181 Å². The van der Waals surface area contributed by atoms with E-state index in [1.54, 1.807) is 0 Å². The molecule has 0 spiro atoms. The highest BCUT2D eigenvalue weighted by atomic mass is 35.5. The summed E-state index contributed by atoms with van der Waals surface area (Å²) in [5, 5.41) is 21.0. The normalized spacial score (nSPS) is 13.3. The van der Waals surface area contributed by atoms with Gasteiger partial charge in [0.25, 0.3) is 0 Å². The van der Waals surface area contributed by atoms with Crippen LogP contribution >= 0.6 is 0 Å². The van der Waals surface area contributed by atoms with Crippen LogP contribution < -0.4 is 12.4 Å². The summed E-state index contributed by atoms with van der Waals surface area (Å²) >= 11 is 0. The molecule has 0 aromatic rings. The molecule has 0 aliphatic carbocycles. The Morgan fingerprint density at radius 2 is 0.571 bits per heavy atom. The number of quaternary nitrogens is 1. The zero-order valence-corrected chi connectivity index (χ0v) is 30.3. The van der Waals surface area contributed by atoms with Crippen molar-refractivity contribution >= 4 is 0 Å². The first-order valence-electron chi connectivity index (χ1n) is 19.1. The van der Waals surface area contributed by atoms with Crippen LogP contribution in [0.3, 0.4) is 0 Å². The maximum Gasteiger partial charge on any atom is 0.0807 e. The molecule has 0 heterocycles. The van der Waals surface area contributed by atoms with Crippen LogP contribution in [0.25, 0.3) is 0 Å². The minimum Gasteiger partial charge on any atom is -1.00 e. The van der Waals surface area contributed by atoms with Gasteiger partial charge in [-0.25, -0.2) is 0 Å². The molecule has 0 aliphatic rings. The Morgan fingerprint density at radius 1 is 0.357 bits per heavy atom. The Hall–Kier alpha value is 0.170. The molecule has 0 saturated carbocycles. The van der Waals surface area contributed by atoms with E-state index in [0.29, 0.717) is 0 Å². The van der Waals surface area contributed by atoms with Crippen molar-refractivity contribution in [3.8, 4) is 0 Å². The smallest absolute Gasteiger partial charge is 0.0807 e. The Bertz CT molecular complexity index is 459. The Morgan fingerprint density at radius 3 is 0.810 bits per heavy atom. The third-order valence-corrected chi connectivity index (χ3v) is 9.42. The molecule has 0 rings (SSSR count). The molecule has 0 fully saturated rings. The largest absolute Gasteiger partial charge is 1.00 e. The van der Waals surface area contributed by atoms with Crippen molar-refractivity contribution in [3.63, 3.8) is 0 Å². The number of halogens is 1. The molecule has 0 amide bonds. The van der Waals surface area contributed by atoms with Crippen molar-refractivity contribution < 1.29 is 27.1 Å². The lowest BCUT2D eigenvalue weighted by atomic mass is 10.0. The van der Waals surface area contributed by atoms with Crippen molar-refractivity contribution in [1.29, 1.82) is 0 Å². The second-order valence-electron chi connectivity index (χ2n) is 14.3. The number of hydrogen-bond acceptors (Lipinski definition) is 2. The van der Waals surface area contributed by atoms with E-state index in [2.05, 4.69) is 27.9 Å². The van der Waals surface area contributed by atoms with Gasteiger partial charge in [0, 0.05) is 12.8 Å². The van der Waals surface area contributed by atoms with Gasteiger partial charge in [-0.15, -0.1) is 0 Å². The van der Waals surface area contributed by atoms with E-state index in [1.165, 1.54) is 167 Å². The number of rotatable bonds is 34. The van der Waals surface area contributed by atoms with Crippen LogP contribution in [0, 0.1) is 0 Å². The van der Waals surface area contributed by atoms with Crippen LogP contribution in [0.15, 0.2) is 0 Å². The van der Waals surface area contributed by atoms with E-state index in [9.17, 15) is 10.2 Å². The third-order valence-electron chi connectivity index (χ3n) is 9.42. The first kappa shape index (κ1) is 44.3. The van der Waals surface area contributed by atoms with Gasteiger partial charge in [0.1, 0.15) is 0 Å². The van der Waals surface area contributed by atoms with Crippen LogP contribution in [-0.4, -0.2) is 54.1 Å². The molecule has 2 N–H and O–H groups in total. The monoisotopic (exact) mass is 618 g/mol. The van der Waals surface area contributed by atoms with Crippen LogP contribution in [0.5, 0.6) is 0 Å². The second-order valence-corrected chi connectivity index (χ2v) is 14.3. The van der Waals surface area contributed by atoms with E-state index in [-0.39, 0.29) is 24.6 Å². The van der Waals surface area contributed by atoms with Crippen LogP contribution in [0.1, 0.15) is 206 Å². The maximum absolute atomic E-state index is 10.5. The van der Waals surface area contributed by atoms with Crippen molar-refractivity contribution in [2.75, 3.05) is 27.2 Å². The fourth-order valence-electron chi connectivity index (χ4n) is 6.19. The molecule has 0 saturated heterocycles. The molecule has 2 unspecified atom stereocenters. The maximum atomic E-state index is 10.5. The van der Waals surface area contributed by atoms with Gasteiger partial charge in [-0.2, -0.15) is 0 Å². The quantitative estimate of drug-likeness (QED) is 0.0561. The molecular formula is C38H80ClNO2. The standard InChI is InChI=1S/C38H80NO2.ClH/c1-5-7-9-11-13-15-17-19-21-23-25-27-29-31-37(40)33-35-39(3,4)36-34-38(41)32-30-28-26-24-22-20-18-16-14-12-10-8-6-2;/h37-38,40-41H,5-36H2,1-4H3;1H/q+1;/p-1. The summed E-state index contributed by atoms with van der Waals surface area (Å²) in [5.41, 5.74) is 0. The van der Waals surface area contributed by atoms with Crippen LogP contribution in [0.2, 0.25) is 0 Å². The molecular weight excluding hydrogens is 538 g/mol. The number of aliphatic hydroxyl groups excluding tert-OH is 2. The molecule has 42 heavy (non-hydrogen) atoms. The average Bonchev–Trinajstić information content (AvgIpc) is 2.96. The van der Waals surface area contributed by atoms with Crippen LogP contribution in [-0.2, 0) is 0 Å². The van der Waals surface area contributed by atoms with Crippen molar-refractivity contribution in [2.24, 2.45) is 0 Å². The fourth-order valence-corrected chi connectivity index (χ4v) is 6.19. The van der Waals surface area contributed by atoms with Gasteiger partial charge in [-0.3, -0.25) is 0 Å². The zero-order valence-electron chi connectivity index (χ0n) is 29.5. The first-order chi connectivity index (χ1) is 19.9. The SMILES string of the molecule is CCCCCCCCCCCCCCCC(O)CC[N+](C)(C)CCC(O)CCCCCCCCCCCCCCC.[Cl-]. The number of aliphatic hydroxyl groups is 2. The molecule has 0 aliphatic heterocycles. The third kappa shape index (κ3) is 34.7. The predicted octanol–water partition coefficient (Wildman–Crippen LogP) is 8.53. The predicted molar refractivity (Wildman–Crippen MR) is 184 cm³/mol. The molecule has 0 aromatic carbocycles. The molecule has 4 heteroatoms. The van der Waals surface area contributed by atoms with Gasteiger partial charge in [0.05, 0.1) is 39.4 Å². The van der Waals surface area contributed by atoms with Crippen molar-refractivity contribution in [1.82, 2.24) is 0 Å². The zero-order chi connectivity index (χ0) is 30.3. The lowest BCUT2D eigenvalue weighted by molar-refractivity contribution is -0.891. The van der Waals surface area contributed by atoms with Gasteiger partial charge in [0.2, 0.25) is 0 Å². The Kier molecular flexibility index (Phi) is 35.9. The van der Waals surface area contributed by atoms with E-state index in [4.69, 9.17) is 0 Å². The topological polar surface area (TPSA) is 40.5 Å². The van der Waals surface area contributed by atoms with Gasteiger partial charge >= 0.3 is 0 Å². The summed E-state index contributed by atoms with van der Waals surface area (Å²) in [5.74, 6) is 0. The molecule has 2 atom stereocenters. The summed E-state index contributed by atoms with van der Waals surface area (Å²) in [6, 6.07) is 0. The summed E-state index contributed by atoms with van der Waals surface area (Å²) in [6.45, 7) is 6.59. The summed E-state index contributed by atoms with van der Waals surface area (Å²) < 4.78 is 0.908. The summed E-state index contributed by atoms with van der Waals surface area (Å²) in [7, 11) is 4.52. The summed E-state index contributed by atoms with van der Waals surface area (Å²) in [6.07, 6.45) is 39.2. The van der Waals surface area contributed by atoms with Crippen molar-refractivity contribution in [2.45, 2.75) is 219 Å². The van der Waals surface area contributed by atoms with Crippen molar-refractivity contribution in [3.05, 3.63) is 0 Å². The molecule has 3 nitrogen and oxygen atoms in total. The highest BCUT2D eigenvalue weighted by molar-refractivity contribution is 4.59. The minimum absolute atomic E-state index is 0. The lowest BCUT2D eigenvalue weighted by Gasteiger charge is -2.31. The van der Waals surface area contributed by atoms with Gasteiger partial charge < -0.3 is 27.1 Å². The summed E-state index contributed by atoms with van der Waals surface area (Å²) in [4.78, 5) is 0. The number of hydrogen-bond donors (Lipinski definition) is 2. The Labute approximate surface area is 272 Å². The highest BCUT2D eigenvalue weighted by Crippen LogP contribution is 2.17. The van der Waals surface area contributed by atoms with Gasteiger partial charge in [-0.05, 0) is 12.8 Å². The Balaban J connectivity index is 0. The molecule has 256 valence electrons. The van der Waals surface area contributed by atoms with Crippen LogP contribution in [0.4, 0.5) is 0 Å².